The number of amides is 1. The predicted molar refractivity (Wildman–Crippen MR) is 134 cm³/mol. The molecule has 0 spiro atoms. The molecular formula is C25H30FN5O3S. The van der Waals surface area contributed by atoms with Crippen LogP contribution in [0.3, 0.4) is 0 Å². The molecule has 8 nitrogen and oxygen atoms in total. The molecule has 10 heteroatoms. The molecule has 1 aromatic heterocycles. The highest BCUT2D eigenvalue weighted by atomic mass is 32.2. The van der Waals surface area contributed by atoms with E-state index in [2.05, 4.69) is 34.3 Å². The lowest BCUT2D eigenvalue weighted by molar-refractivity contribution is -0.119. The van der Waals surface area contributed by atoms with E-state index in [-0.39, 0.29) is 29.4 Å². The molecule has 1 saturated heterocycles. The van der Waals surface area contributed by atoms with Crippen LogP contribution in [0.15, 0.2) is 53.7 Å². The van der Waals surface area contributed by atoms with Crippen molar-refractivity contribution in [3.63, 3.8) is 0 Å². The first-order valence-electron chi connectivity index (χ1n) is 11.6. The van der Waals surface area contributed by atoms with Crippen LogP contribution in [-0.2, 0) is 9.53 Å². The number of nitrogens with zero attached hydrogens (tertiary/aromatic N) is 4. The van der Waals surface area contributed by atoms with Gasteiger partial charge in [0.1, 0.15) is 11.6 Å². The second-order valence-electron chi connectivity index (χ2n) is 8.55. The minimum absolute atomic E-state index is 0.119. The third-order valence-corrected chi connectivity index (χ3v) is 6.70. The number of aromatic nitrogens is 3. The zero-order valence-electron chi connectivity index (χ0n) is 20.1. The van der Waals surface area contributed by atoms with Crippen LogP contribution in [0.4, 0.5) is 10.3 Å². The predicted octanol–water partition coefficient (Wildman–Crippen LogP) is 3.86. The largest absolute Gasteiger partial charge is 0.497 e. The number of methoxy groups -OCH3 is 1. The Kier molecular flexibility index (Phi) is 8.25. The Morgan fingerprint density at radius 3 is 2.57 bits per heavy atom. The normalized spacial score (nSPS) is 14.7. The van der Waals surface area contributed by atoms with Crippen molar-refractivity contribution in [2.24, 2.45) is 5.92 Å². The van der Waals surface area contributed by atoms with Gasteiger partial charge in [0.2, 0.25) is 11.9 Å². The molecule has 0 saturated carbocycles. The third kappa shape index (κ3) is 6.12. The molecular weight excluding hydrogens is 469 g/mol. The Morgan fingerprint density at radius 1 is 1.17 bits per heavy atom. The summed E-state index contributed by atoms with van der Waals surface area (Å²) < 4.78 is 26.5. The fraction of sp³-hybridized carbons (Fsp3) is 0.400. The van der Waals surface area contributed by atoms with Crippen molar-refractivity contribution >= 4 is 23.6 Å². The van der Waals surface area contributed by atoms with E-state index in [1.54, 1.807) is 23.8 Å². The van der Waals surface area contributed by atoms with Crippen LogP contribution in [-0.4, -0.2) is 59.8 Å². The lowest BCUT2D eigenvalue weighted by Gasteiger charge is -2.28. The molecule has 35 heavy (non-hydrogen) atoms. The van der Waals surface area contributed by atoms with E-state index in [0.29, 0.717) is 43.1 Å². The van der Waals surface area contributed by atoms with Gasteiger partial charge in [-0.1, -0.05) is 43.8 Å². The Labute approximate surface area is 208 Å². The first kappa shape index (κ1) is 25.0. The molecule has 1 fully saturated rings. The molecule has 0 aliphatic carbocycles. The third-order valence-electron chi connectivity index (χ3n) is 5.77. The number of benzene rings is 2. The van der Waals surface area contributed by atoms with Crippen LogP contribution >= 0.6 is 11.8 Å². The van der Waals surface area contributed by atoms with Crippen LogP contribution in [0.2, 0.25) is 0 Å². The average Bonchev–Trinajstić information content (AvgIpc) is 3.30. The zero-order chi connectivity index (χ0) is 24.8. The van der Waals surface area contributed by atoms with Crippen molar-refractivity contribution < 1.29 is 18.7 Å². The summed E-state index contributed by atoms with van der Waals surface area (Å²) in [5.41, 5.74) is 1.62. The zero-order valence-corrected chi connectivity index (χ0v) is 20.9. The number of hydrogen-bond acceptors (Lipinski definition) is 7. The second-order valence-corrected chi connectivity index (χ2v) is 9.49. The Bertz CT molecular complexity index is 1130. The molecule has 1 N–H and O–H groups in total. The summed E-state index contributed by atoms with van der Waals surface area (Å²) in [7, 11) is 1.63. The number of halogens is 1. The van der Waals surface area contributed by atoms with Gasteiger partial charge >= 0.3 is 0 Å². The van der Waals surface area contributed by atoms with Crippen molar-refractivity contribution in [1.82, 2.24) is 20.1 Å². The van der Waals surface area contributed by atoms with Gasteiger partial charge in [0.15, 0.2) is 5.16 Å². The van der Waals surface area contributed by atoms with Gasteiger partial charge in [0.25, 0.3) is 0 Å². The molecule has 1 aliphatic rings. The van der Waals surface area contributed by atoms with Gasteiger partial charge in [-0.2, -0.15) is 0 Å². The van der Waals surface area contributed by atoms with E-state index >= 15 is 0 Å². The average molecular weight is 500 g/mol. The summed E-state index contributed by atoms with van der Waals surface area (Å²) >= 11 is 1.27. The number of carbonyl (C=O) groups excluding carboxylic acids is 1. The summed E-state index contributed by atoms with van der Waals surface area (Å²) in [6.07, 6.45) is 0. The molecule has 1 unspecified atom stereocenters. The number of carbonyl (C=O) groups is 1. The Hall–Kier alpha value is -3.11. The molecule has 4 rings (SSSR count). The van der Waals surface area contributed by atoms with Gasteiger partial charge < -0.3 is 19.7 Å². The van der Waals surface area contributed by atoms with Crippen LogP contribution in [0.5, 0.6) is 5.75 Å². The van der Waals surface area contributed by atoms with Crippen molar-refractivity contribution in [2.45, 2.75) is 25.0 Å². The molecule has 186 valence electrons. The monoisotopic (exact) mass is 499 g/mol. The molecule has 1 amide bonds. The van der Waals surface area contributed by atoms with E-state index in [4.69, 9.17) is 9.47 Å². The summed E-state index contributed by atoms with van der Waals surface area (Å²) in [5, 5.41) is 12.4. The summed E-state index contributed by atoms with van der Waals surface area (Å²) in [6.45, 7) is 6.63. The van der Waals surface area contributed by atoms with Gasteiger partial charge in [0, 0.05) is 13.1 Å². The number of rotatable bonds is 9. The van der Waals surface area contributed by atoms with Crippen molar-refractivity contribution in [2.75, 3.05) is 44.1 Å². The van der Waals surface area contributed by atoms with Crippen LogP contribution < -0.4 is 15.0 Å². The number of anilines is 1. The highest BCUT2D eigenvalue weighted by molar-refractivity contribution is 7.99. The first-order chi connectivity index (χ1) is 17.0. The van der Waals surface area contributed by atoms with E-state index in [0.717, 1.165) is 11.3 Å². The maximum atomic E-state index is 14.0. The van der Waals surface area contributed by atoms with Gasteiger partial charge in [0.05, 0.1) is 37.8 Å². The Morgan fingerprint density at radius 2 is 1.91 bits per heavy atom. The molecule has 1 atom stereocenters. The van der Waals surface area contributed by atoms with Gasteiger partial charge in [-0.25, -0.2) is 4.39 Å². The number of ether oxygens (including phenoxy) is 2. The topological polar surface area (TPSA) is 81.5 Å². The molecule has 3 aromatic rings. The van der Waals surface area contributed by atoms with Gasteiger partial charge in [-0.05, 0) is 41.8 Å². The highest BCUT2D eigenvalue weighted by Crippen LogP contribution is 2.28. The van der Waals surface area contributed by atoms with Crippen molar-refractivity contribution in [1.29, 1.82) is 0 Å². The van der Waals surface area contributed by atoms with E-state index in [1.165, 1.54) is 23.9 Å². The van der Waals surface area contributed by atoms with Crippen molar-refractivity contribution in [3.8, 4) is 11.4 Å². The maximum Gasteiger partial charge on any atom is 0.232 e. The smallest absolute Gasteiger partial charge is 0.232 e. The highest BCUT2D eigenvalue weighted by Gasteiger charge is 2.24. The fourth-order valence-electron chi connectivity index (χ4n) is 3.96. The summed E-state index contributed by atoms with van der Waals surface area (Å²) in [4.78, 5) is 15.0. The van der Waals surface area contributed by atoms with Gasteiger partial charge in [-0.3, -0.25) is 9.36 Å². The fourth-order valence-corrected chi connectivity index (χ4v) is 4.71. The molecule has 2 aromatic carbocycles. The molecule has 2 heterocycles. The van der Waals surface area contributed by atoms with Crippen LogP contribution in [0.25, 0.3) is 5.69 Å². The van der Waals surface area contributed by atoms with Gasteiger partial charge in [-0.15, -0.1) is 10.2 Å². The summed E-state index contributed by atoms with van der Waals surface area (Å²) in [6, 6.07) is 13.9. The summed E-state index contributed by atoms with van der Waals surface area (Å²) in [5.74, 6) is 1.26. The molecule has 0 bridgehead atoms. The van der Waals surface area contributed by atoms with Crippen molar-refractivity contribution in [3.05, 3.63) is 59.9 Å². The quantitative estimate of drug-likeness (QED) is 0.448. The Balaban J connectivity index is 1.51. The number of thioether (sulfide) groups is 1. The second kappa shape index (κ2) is 11.5. The van der Waals surface area contributed by atoms with Crippen LogP contribution in [0.1, 0.15) is 25.5 Å². The minimum Gasteiger partial charge on any atom is -0.497 e. The molecule has 1 aliphatic heterocycles. The van der Waals surface area contributed by atoms with Crippen LogP contribution in [0, 0.1) is 11.7 Å². The first-order valence-corrected chi connectivity index (χ1v) is 12.5. The number of hydrogen-bond donors (Lipinski definition) is 1. The number of morpholine rings is 1. The standard InChI is InChI=1S/C25H30FN5O3S/c1-17(2)23(18-7-9-21(33-3)10-8-18)27-22(32)16-35-25-29-28-24(30-11-13-34-14-12-30)31(25)20-6-4-5-19(26)15-20/h4-10,15,17,23H,11-14,16H2,1-3H3,(H,27,32). The minimum atomic E-state index is -0.350. The lowest BCUT2D eigenvalue weighted by atomic mass is 9.96. The molecule has 0 radical (unpaired) electrons. The van der Waals surface area contributed by atoms with E-state index in [9.17, 15) is 9.18 Å². The number of nitrogens with one attached hydrogen (secondary N) is 1. The SMILES string of the molecule is COc1ccc(C(NC(=O)CSc2nnc(N3CCOCC3)n2-c2cccc(F)c2)C(C)C)cc1. The van der Waals surface area contributed by atoms with E-state index < -0.39 is 0 Å². The maximum absolute atomic E-state index is 14.0. The van der Waals surface area contributed by atoms with E-state index in [1.807, 2.05) is 24.3 Å². The lowest BCUT2D eigenvalue weighted by Crippen LogP contribution is -2.38.